The van der Waals surface area contributed by atoms with Crippen molar-refractivity contribution in [1.82, 2.24) is 9.80 Å². The smallest absolute Gasteiger partial charge is 0.223 e. The number of carbonyl (C=O) groups excluding carboxylic acids is 1. The van der Waals surface area contributed by atoms with Gasteiger partial charge in [0.2, 0.25) is 5.91 Å². The van der Waals surface area contributed by atoms with Crippen molar-refractivity contribution < 1.29 is 4.79 Å². The van der Waals surface area contributed by atoms with Crippen molar-refractivity contribution in [2.24, 2.45) is 0 Å². The molecule has 0 aromatic heterocycles. The van der Waals surface area contributed by atoms with Crippen LogP contribution in [0.25, 0.3) is 10.8 Å². The molecule has 1 saturated carbocycles. The van der Waals surface area contributed by atoms with Crippen LogP contribution in [0.15, 0.2) is 42.5 Å². The Balaban J connectivity index is 1.44. The topological polar surface area (TPSA) is 23.6 Å². The Morgan fingerprint density at radius 1 is 1.04 bits per heavy atom. The molecule has 1 amide bonds. The Labute approximate surface area is 144 Å². The predicted octanol–water partition coefficient (Wildman–Crippen LogP) is 3.82. The summed E-state index contributed by atoms with van der Waals surface area (Å²) < 4.78 is 0. The number of amides is 1. The van der Waals surface area contributed by atoms with Crippen molar-refractivity contribution in [3.8, 4) is 0 Å². The largest absolute Gasteiger partial charge is 0.343 e. The number of carbonyl (C=O) groups is 1. The van der Waals surface area contributed by atoms with Gasteiger partial charge in [-0.1, -0.05) is 42.5 Å². The van der Waals surface area contributed by atoms with Gasteiger partial charge in [0.05, 0.1) is 0 Å². The van der Waals surface area contributed by atoms with Crippen LogP contribution in [-0.2, 0) is 11.3 Å². The zero-order chi connectivity index (χ0) is 16.4. The van der Waals surface area contributed by atoms with Gasteiger partial charge in [0.15, 0.2) is 0 Å². The summed E-state index contributed by atoms with van der Waals surface area (Å²) in [5.74, 6) is 0.344. The molecule has 2 aromatic rings. The molecule has 0 N–H and O–H groups in total. The molecule has 1 saturated heterocycles. The first-order valence-electron chi connectivity index (χ1n) is 9.30. The normalized spacial score (nSPS) is 17.8. The highest BCUT2D eigenvalue weighted by molar-refractivity contribution is 5.85. The van der Waals surface area contributed by atoms with E-state index in [9.17, 15) is 4.79 Å². The second kappa shape index (κ2) is 6.94. The Hall–Kier alpha value is -1.87. The first kappa shape index (κ1) is 15.6. The summed E-state index contributed by atoms with van der Waals surface area (Å²) in [6.07, 6.45) is 5.58. The number of benzene rings is 2. The van der Waals surface area contributed by atoms with Gasteiger partial charge >= 0.3 is 0 Å². The lowest BCUT2D eigenvalue weighted by molar-refractivity contribution is -0.130. The minimum Gasteiger partial charge on any atom is -0.343 e. The number of hydrogen-bond donors (Lipinski definition) is 0. The van der Waals surface area contributed by atoms with Crippen molar-refractivity contribution >= 4 is 16.7 Å². The number of rotatable bonds is 6. The fourth-order valence-corrected chi connectivity index (χ4v) is 3.84. The van der Waals surface area contributed by atoms with Gasteiger partial charge in [0.25, 0.3) is 0 Å². The van der Waals surface area contributed by atoms with Crippen LogP contribution in [0, 0.1) is 0 Å². The first-order valence-corrected chi connectivity index (χ1v) is 9.30. The molecule has 0 radical (unpaired) electrons. The van der Waals surface area contributed by atoms with Gasteiger partial charge in [0, 0.05) is 38.6 Å². The zero-order valence-corrected chi connectivity index (χ0v) is 14.3. The molecule has 1 aliphatic heterocycles. The van der Waals surface area contributed by atoms with E-state index in [-0.39, 0.29) is 0 Å². The van der Waals surface area contributed by atoms with Gasteiger partial charge in [-0.2, -0.15) is 0 Å². The number of hydrogen-bond acceptors (Lipinski definition) is 2. The summed E-state index contributed by atoms with van der Waals surface area (Å²) in [5.41, 5.74) is 1.38. The lowest BCUT2D eigenvalue weighted by atomic mass is 10.0. The summed E-state index contributed by atoms with van der Waals surface area (Å²) in [6.45, 7) is 3.78. The van der Waals surface area contributed by atoms with E-state index in [1.165, 1.54) is 42.0 Å². The second-order valence-electron chi connectivity index (χ2n) is 7.18. The van der Waals surface area contributed by atoms with Crippen molar-refractivity contribution in [2.75, 3.05) is 19.6 Å². The average molecular weight is 322 g/mol. The summed E-state index contributed by atoms with van der Waals surface area (Å²) in [6, 6.07) is 15.8. The maximum absolute atomic E-state index is 12.4. The Bertz CT molecular complexity index is 711. The van der Waals surface area contributed by atoms with E-state index in [1.54, 1.807) is 0 Å². The molecule has 1 heterocycles. The summed E-state index contributed by atoms with van der Waals surface area (Å²) in [4.78, 5) is 16.9. The Morgan fingerprint density at radius 2 is 1.79 bits per heavy atom. The van der Waals surface area contributed by atoms with Crippen LogP contribution in [-0.4, -0.2) is 41.4 Å². The van der Waals surface area contributed by atoms with Crippen LogP contribution in [0.1, 0.15) is 37.7 Å². The fourth-order valence-electron chi connectivity index (χ4n) is 3.84. The van der Waals surface area contributed by atoms with E-state index in [0.29, 0.717) is 18.4 Å². The van der Waals surface area contributed by atoms with E-state index >= 15 is 0 Å². The average Bonchev–Trinajstić information content (AvgIpc) is 3.31. The molecule has 0 unspecified atom stereocenters. The molecule has 126 valence electrons. The molecule has 0 spiro atoms. The number of likely N-dealkylation sites (tertiary alicyclic amines) is 1. The minimum atomic E-state index is 0.344. The zero-order valence-electron chi connectivity index (χ0n) is 14.3. The highest BCUT2D eigenvalue weighted by Gasteiger charge is 2.30. The van der Waals surface area contributed by atoms with Crippen molar-refractivity contribution in [1.29, 1.82) is 0 Å². The first-order chi connectivity index (χ1) is 11.8. The van der Waals surface area contributed by atoms with Gasteiger partial charge in [-0.25, -0.2) is 0 Å². The second-order valence-corrected chi connectivity index (χ2v) is 7.18. The van der Waals surface area contributed by atoms with Crippen LogP contribution in [0.4, 0.5) is 0 Å². The quantitative estimate of drug-likeness (QED) is 0.807. The lowest BCUT2D eigenvalue weighted by Crippen LogP contribution is -2.33. The maximum Gasteiger partial charge on any atom is 0.223 e. The van der Waals surface area contributed by atoms with Crippen LogP contribution in [0.5, 0.6) is 0 Å². The highest BCUT2D eigenvalue weighted by atomic mass is 16.2. The number of fused-ring (bicyclic) bond motifs is 1. The molecule has 2 aromatic carbocycles. The monoisotopic (exact) mass is 322 g/mol. The van der Waals surface area contributed by atoms with Crippen LogP contribution >= 0.6 is 0 Å². The summed E-state index contributed by atoms with van der Waals surface area (Å²) in [7, 11) is 0. The lowest BCUT2D eigenvalue weighted by Gasteiger charge is -2.24. The molecule has 3 heteroatoms. The molecule has 0 bridgehead atoms. The fraction of sp³-hybridized carbons (Fsp3) is 0.476. The van der Waals surface area contributed by atoms with E-state index < -0.39 is 0 Å². The minimum absolute atomic E-state index is 0.344. The van der Waals surface area contributed by atoms with Crippen LogP contribution in [0.2, 0.25) is 0 Å². The van der Waals surface area contributed by atoms with Gasteiger partial charge < -0.3 is 4.90 Å². The van der Waals surface area contributed by atoms with Crippen LogP contribution in [0.3, 0.4) is 0 Å². The summed E-state index contributed by atoms with van der Waals surface area (Å²) >= 11 is 0. The third-order valence-electron chi connectivity index (χ3n) is 5.39. The van der Waals surface area contributed by atoms with Crippen molar-refractivity contribution in [2.45, 2.75) is 44.7 Å². The molecule has 1 aliphatic carbocycles. The van der Waals surface area contributed by atoms with Crippen molar-refractivity contribution in [3.63, 3.8) is 0 Å². The molecular weight excluding hydrogens is 296 g/mol. The Morgan fingerprint density at radius 3 is 2.58 bits per heavy atom. The molecule has 3 nitrogen and oxygen atoms in total. The van der Waals surface area contributed by atoms with Gasteiger partial charge in [-0.3, -0.25) is 9.69 Å². The van der Waals surface area contributed by atoms with Gasteiger partial charge in [-0.05, 0) is 42.0 Å². The molecule has 24 heavy (non-hydrogen) atoms. The van der Waals surface area contributed by atoms with E-state index in [2.05, 4.69) is 47.4 Å². The molecule has 0 atom stereocenters. The third-order valence-corrected chi connectivity index (χ3v) is 5.39. The van der Waals surface area contributed by atoms with Gasteiger partial charge in [-0.15, -0.1) is 0 Å². The predicted molar refractivity (Wildman–Crippen MR) is 97.8 cm³/mol. The number of nitrogens with zero attached hydrogens (tertiary/aromatic N) is 2. The standard InChI is InChI=1S/C21H26N2O/c24-21(22-13-3-4-14-22)12-15-23(19-10-11-19)16-18-8-5-7-17-6-1-2-9-20(17)18/h1-2,5-9,19H,3-4,10-16H2. The molecule has 4 rings (SSSR count). The van der Waals surface area contributed by atoms with Crippen LogP contribution < -0.4 is 0 Å². The summed E-state index contributed by atoms with van der Waals surface area (Å²) in [5, 5.41) is 2.65. The highest BCUT2D eigenvalue weighted by Crippen LogP contribution is 2.30. The SMILES string of the molecule is O=C(CCN(Cc1cccc2ccccc12)C1CC1)N1CCCC1. The molecule has 2 fully saturated rings. The van der Waals surface area contributed by atoms with Crippen molar-refractivity contribution in [3.05, 3.63) is 48.0 Å². The third kappa shape index (κ3) is 3.46. The molecular formula is C21H26N2O. The molecule has 2 aliphatic rings. The van der Waals surface area contributed by atoms with Gasteiger partial charge in [0.1, 0.15) is 0 Å². The maximum atomic E-state index is 12.4. The van der Waals surface area contributed by atoms with E-state index in [0.717, 1.165) is 26.2 Å². The van der Waals surface area contributed by atoms with E-state index in [4.69, 9.17) is 0 Å². The Kier molecular flexibility index (Phi) is 4.52. The van der Waals surface area contributed by atoms with E-state index in [1.807, 2.05) is 4.90 Å².